The molecule has 7 heteroatoms. The number of ether oxygens (including phenoxy) is 2. The maximum atomic E-state index is 12.4. The van der Waals surface area contributed by atoms with Crippen LogP contribution in [0.1, 0.15) is 28.4 Å². The van der Waals surface area contributed by atoms with E-state index in [1.807, 2.05) is 73.7 Å². The quantitative estimate of drug-likeness (QED) is 0.374. The van der Waals surface area contributed by atoms with E-state index in [1.165, 1.54) is 5.56 Å². The number of amides is 1. The van der Waals surface area contributed by atoms with E-state index < -0.39 is 0 Å². The molecular formula is C28H32N4O3. The van der Waals surface area contributed by atoms with E-state index in [-0.39, 0.29) is 5.91 Å². The Morgan fingerprint density at radius 3 is 2.37 bits per heavy atom. The summed E-state index contributed by atoms with van der Waals surface area (Å²) in [5.74, 6) is 1.50. The Balaban J connectivity index is 1.25. The van der Waals surface area contributed by atoms with Gasteiger partial charge in [0.2, 0.25) is 0 Å². The highest BCUT2D eigenvalue weighted by Gasteiger charge is 2.19. The van der Waals surface area contributed by atoms with Gasteiger partial charge < -0.3 is 14.4 Å². The number of para-hydroxylation sites is 2. The van der Waals surface area contributed by atoms with Gasteiger partial charge in [-0.1, -0.05) is 24.3 Å². The van der Waals surface area contributed by atoms with Crippen LogP contribution in [0.5, 0.6) is 11.5 Å². The molecule has 1 N–H and O–H groups in total. The van der Waals surface area contributed by atoms with Gasteiger partial charge in [-0.15, -0.1) is 0 Å². The van der Waals surface area contributed by atoms with Crippen molar-refractivity contribution in [3.8, 4) is 11.5 Å². The van der Waals surface area contributed by atoms with Gasteiger partial charge in [0.05, 0.1) is 25.6 Å². The van der Waals surface area contributed by atoms with Crippen molar-refractivity contribution < 1.29 is 14.3 Å². The molecule has 1 fully saturated rings. The fourth-order valence-corrected chi connectivity index (χ4v) is 4.10. The molecular weight excluding hydrogens is 440 g/mol. The fourth-order valence-electron chi connectivity index (χ4n) is 4.10. The van der Waals surface area contributed by atoms with Crippen molar-refractivity contribution >= 4 is 17.8 Å². The Morgan fingerprint density at radius 1 is 0.971 bits per heavy atom. The maximum absolute atomic E-state index is 12.4. The second-order valence-electron chi connectivity index (χ2n) is 8.33. The first kappa shape index (κ1) is 24.3. The molecule has 1 amide bonds. The molecule has 7 nitrogen and oxygen atoms in total. The number of piperazine rings is 1. The van der Waals surface area contributed by atoms with Crippen LogP contribution in [0.2, 0.25) is 0 Å². The van der Waals surface area contributed by atoms with Gasteiger partial charge in [-0.2, -0.15) is 5.10 Å². The van der Waals surface area contributed by atoms with E-state index in [4.69, 9.17) is 9.47 Å². The largest absolute Gasteiger partial charge is 0.495 e. The number of hydrazone groups is 1. The number of nitrogens with zero attached hydrogens (tertiary/aromatic N) is 3. The maximum Gasteiger partial charge on any atom is 0.271 e. The molecule has 3 aromatic carbocycles. The van der Waals surface area contributed by atoms with Crippen LogP contribution in [0.15, 0.2) is 77.9 Å². The van der Waals surface area contributed by atoms with Crippen LogP contribution in [-0.2, 0) is 6.54 Å². The van der Waals surface area contributed by atoms with Gasteiger partial charge >= 0.3 is 0 Å². The summed E-state index contributed by atoms with van der Waals surface area (Å²) < 4.78 is 10.9. The lowest BCUT2D eigenvalue weighted by molar-refractivity contribution is 0.0955. The SMILES string of the molecule is CCOc1ccc(/C=N\NC(=O)c2ccc(CN3CCN(c4ccccc4OC)CC3)cc2)cc1. The summed E-state index contributed by atoms with van der Waals surface area (Å²) in [6.45, 7) is 7.28. The van der Waals surface area contributed by atoms with Crippen molar-refractivity contribution in [2.45, 2.75) is 13.5 Å². The van der Waals surface area contributed by atoms with Gasteiger partial charge in [0, 0.05) is 38.3 Å². The first-order valence-corrected chi connectivity index (χ1v) is 11.9. The second kappa shape index (κ2) is 12.0. The average Bonchev–Trinajstić information content (AvgIpc) is 2.90. The van der Waals surface area contributed by atoms with E-state index >= 15 is 0 Å². The normalized spacial score (nSPS) is 14.2. The van der Waals surface area contributed by atoms with Gasteiger partial charge in [0.15, 0.2) is 0 Å². The standard InChI is InChI=1S/C28H32N4O3/c1-3-35-25-14-10-22(11-15-25)20-29-30-28(33)24-12-8-23(9-13-24)21-31-16-18-32(19-17-31)26-6-4-5-7-27(26)34-2/h4-15,20H,3,16-19,21H2,1-2H3,(H,30,33)/b29-20-. The van der Waals surface area contributed by atoms with E-state index in [0.717, 1.165) is 55.5 Å². The van der Waals surface area contributed by atoms with Crippen molar-refractivity contribution in [3.63, 3.8) is 0 Å². The zero-order valence-corrected chi connectivity index (χ0v) is 20.3. The van der Waals surface area contributed by atoms with Gasteiger partial charge in [0.1, 0.15) is 11.5 Å². The predicted octanol–water partition coefficient (Wildman–Crippen LogP) is 4.18. The first-order chi connectivity index (χ1) is 17.2. The number of anilines is 1. The highest BCUT2D eigenvalue weighted by atomic mass is 16.5. The molecule has 0 saturated carbocycles. The number of carbonyl (C=O) groups excluding carboxylic acids is 1. The minimum absolute atomic E-state index is 0.232. The monoisotopic (exact) mass is 472 g/mol. The third-order valence-corrected chi connectivity index (χ3v) is 5.99. The summed E-state index contributed by atoms with van der Waals surface area (Å²) in [6.07, 6.45) is 1.62. The van der Waals surface area contributed by atoms with Crippen LogP contribution in [0, 0.1) is 0 Å². The summed E-state index contributed by atoms with van der Waals surface area (Å²) in [5.41, 5.74) is 6.39. The Morgan fingerprint density at radius 2 is 1.69 bits per heavy atom. The number of nitrogens with one attached hydrogen (secondary N) is 1. The summed E-state index contributed by atoms with van der Waals surface area (Å²) in [4.78, 5) is 17.2. The number of carbonyl (C=O) groups is 1. The van der Waals surface area contributed by atoms with Crippen molar-refractivity contribution in [1.82, 2.24) is 10.3 Å². The van der Waals surface area contributed by atoms with Crippen molar-refractivity contribution in [2.24, 2.45) is 5.10 Å². The molecule has 1 heterocycles. The molecule has 0 aliphatic carbocycles. The molecule has 1 aliphatic heterocycles. The van der Waals surface area contributed by atoms with Gasteiger partial charge in [-0.25, -0.2) is 5.43 Å². The summed E-state index contributed by atoms with van der Waals surface area (Å²) in [7, 11) is 1.72. The molecule has 182 valence electrons. The van der Waals surface area contributed by atoms with E-state index in [2.05, 4.69) is 26.4 Å². The van der Waals surface area contributed by atoms with Crippen LogP contribution < -0.4 is 19.8 Å². The molecule has 0 aromatic heterocycles. The number of hydrogen-bond donors (Lipinski definition) is 1. The summed E-state index contributed by atoms with van der Waals surface area (Å²) >= 11 is 0. The minimum Gasteiger partial charge on any atom is -0.495 e. The zero-order chi connectivity index (χ0) is 24.5. The zero-order valence-electron chi connectivity index (χ0n) is 20.3. The van der Waals surface area contributed by atoms with Gasteiger partial charge in [-0.05, 0) is 66.6 Å². The second-order valence-corrected chi connectivity index (χ2v) is 8.33. The molecule has 0 bridgehead atoms. The molecule has 1 saturated heterocycles. The van der Waals surface area contributed by atoms with Gasteiger partial charge in [-0.3, -0.25) is 9.69 Å². The van der Waals surface area contributed by atoms with Crippen molar-refractivity contribution in [2.75, 3.05) is 44.8 Å². The Kier molecular flexibility index (Phi) is 8.35. The molecule has 0 spiro atoms. The van der Waals surface area contributed by atoms with Crippen LogP contribution in [0.3, 0.4) is 0 Å². The van der Waals surface area contributed by atoms with E-state index in [0.29, 0.717) is 12.2 Å². The lowest BCUT2D eigenvalue weighted by Crippen LogP contribution is -2.46. The number of rotatable bonds is 9. The first-order valence-electron chi connectivity index (χ1n) is 11.9. The third-order valence-electron chi connectivity index (χ3n) is 5.99. The predicted molar refractivity (Wildman–Crippen MR) is 140 cm³/mol. The van der Waals surface area contributed by atoms with Crippen LogP contribution >= 0.6 is 0 Å². The smallest absolute Gasteiger partial charge is 0.271 e. The van der Waals surface area contributed by atoms with Crippen LogP contribution in [0.25, 0.3) is 0 Å². The Labute approximate surface area is 207 Å². The Hall–Kier alpha value is -3.84. The van der Waals surface area contributed by atoms with Crippen molar-refractivity contribution in [1.29, 1.82) is 0 Å². The molecule has 4 rings (SSSR count). The molecule has 0 unspecified atom stereocenters. The molecule has 0 radical (unpaired) electrons. The molecule has 3 aromatic rings. The summed E-state index contributed by atoms with van der Waals surface area (Å²) in [5, 5.41) is 4.07. The minimum atomic E-state index is -0.232. The van der Waals surface area contributed by atoms with Crippen molar-refractivity contribution in [3.05, 3.63) is 89.5 Å². The number of hydrogen-bond acceptors (Lipinski definition) is 6. The molecule has 1 aliphatic rings. The highest BCUT2D eigenvalue weighted by Crippen LogP contribution is 2.28. The average molecular weight is 473 g/mol. The lowest BCUT2D eigenvalue weighted by atomic mass is 10.1. The Bertz CT molecular complexity index is 1120. The highest BCUT2D eigenvalue weighted by molar-refractivity contribution is 5.94. The molecule has 0 atom stereocenters. The number of methoxy groups -OCH3 is 1. The van der Waals surface area contributed by atoms with Crippen LogP contribution in [0.4, 0.5) is 5.69 Å². The topological polar surface area (TPSA) is 66.4 Å². The van der Waals surface area contributed by atoms with E-state index in [9.17, 15) is 4.79 Å². The van der Waals surface area contributed by atoms with Gasteiger partial charge in [0.25, 0.3) is 5.91 Å². The fraction of sp³-hybridized carbons (Fsp3) is 0.286. The third kappa shape index (κ3) is 6.61. The summed E-state index contributed by atoms with van der Waals surface area (Å²) in [6, 6.07) is 23.4. The number of benzene rings is 3. The molecule has 35 heavy (non-hydrogen) atoms. The van der Waals surface area contributed by atoms with E-state index in [1.54, 1.807) is 13.3 Å². The lowest BCUT2D eigenvalue weighted by Gasteiger charge is -2.36. The van der Waals surface area contributed by atoms with Crippen LogP contribution in [-0.4, -0.2) is 56.9 Å².